The molecular weight excluding hydrogens is 166 g/mol. The predicted molar refractivity (Wildman–Crippen MR) is 47.5 cm³/mol. The summed E-state index contributed by atoms with van der Waals surface area (Å²) in [6.45, 7) is 2.05. The van der Waals surface area contributed by atoms with E-state index < -0.39 is 0 Å². The Bertz CT molecular complexity index is 400. The molecule has 0 fully saturated rings. The highest BCUT2D eigenvalue weighted by atomic mass is 15.3. The monoisotopic (exact) mass is 177 g/mol. The Kier molecular flexibility index (Phi) is 1.84. The smallest absolute Gasteiger partial charge is 0.161 e. The van der Waals surface area contributed by atoms with Crippen LogP contribution in [0.2, 0.25) is 0 Å². The van der Waals surface area contributed by atoms with Gasteiger partial charge in [0.1, 0.15) is 12.2 Å². The maximum atomic E-state index is 4.26. The Labute approximate surface area is 76.0 Å². The lowest BCUT2D eigenvalue weighted by Crippen LogP contribution is -2.00. The molecule has 0 amide bonds. The van der Waals surface area contributed by atoms with Crippen LogP contribution >= 0.6 is 0 Å². The second-order valence-electron chi connectivity index (χ2n) is 2.82. The van der Waals surface area contributed by atoms with E-state index in [1.54, 1.807) is 11.0 Å². The maximum absolute atomic E-state index is 4.26. The third-order valence-corrected chi connectivity index (χ3v) is 1.88. The van der Waals surface area contributed by atoms with Gasteiger partial charge in [-0.3, -0.25) is 9.25 Å². The summed E-state index contributed by atoms with van der Waals surface area (Å²) < 4.78 is 3.65. The van der Waals surface area contributed by atoms with E-state index in [-0.39, 0.29) is 0 Å². The third kappa shape index (κ3) is 1.32. The third-order valence-electron chi connectivity index (χ3n) is 1.88. The SMILES string of the molecule is CCc1nncn1-c1ccn(C)n1. The highest BCUT2D eigenvalue weighted by Gasteiger charge is 2.05. The van der Waals surface area contributed by atoms with E-state index in [0.717, 1.165) is 18.1 Å². The summed E-state index contributed by atoms with van der Waals surface area (Å²) >= 11 is 0. The van der Waals surface area contributed by atoms with Crippen LogP contribution in [0, 0.1) is 0 Å². The van der Waals surface area contributed by atoms with E-state index in [9.17, 15) is 0 Å². The van der Waals surface area contributed by atoms with E-state index in [4.69, 9.17) is 0 Å². The molecule has 2 rings (SSSR count). The minimum Gasteiger partial charge on any atom is -0.274 e. The van der Waals surface area contributed by atoms with Gasteiger partial charge in [-0.2, -0.15) is 5.10 Å². The standard InChI is InChI=1S/C8H11N5/c1-3-7-10-9-6-13(7)8-4-5-12(2)11-8/h4-6H,3H2,1-2H3. The molecular formula is C8H11N5. The molecule has 2 aromatic heterocycles. The van der Waals surface area contributed by atoms with Crippen LogP contribution < -0.4 is 0 Å². The molecule has 13 heavy (non-hydrogen) atoms. The molecule has 0 aliphatic heterocycles. The Hall–Kier alpha value is -1.65. The lowest BCUT2D eigenvalue weighted by molar-refractivity contribution is 0.742. The van der Waals surface area contributed by atoms with Crippen molar-refractivity contribution >= 4 is 0 Å². The van der Waals surface area contributed by atoms with Crippen molar-refractivity contribution in [1.82, 2.24) is 24.5 Å². The molecule has 0 saturated heterocycles. The zero-order chi connectivity index (χ0) is 9.26. The normalized spacial score (nSPS) is 10.6. The molecule has 0 aliphatic carbocycles. The van der Waals surface area contributed by atoms with Gasteiger partial charge in [-0.25, -0.2) is 0 Å². The highest BCUT2D eigenvalue weighted by molar-refractivity contribution is 5.20. The summed E-state index contributed by atoms with van der Waals surface area (Å²) in [6, 6.07) is 1.93. The number of hydrogen-bond acceptors (Lipinski definition) is 3. The van der Waals surface area contributed by atoms with Gasteiger partial charge in [-0.15, -0.1) is 10.2 Å². The highest BCUT2D eigenvalue weighted by Crippen LogP contribution is 2.05. The maximum Gasteiger partial charge on any atom is 0.161 e. The summed E-state index contributed by atoms with van der Waals surface area (Å²) in [5, 5.41) is 12.1. The summed E-state index contributed by atoms with van der Waals surface area (Å²) in [4.78, 5) is 0. The van der Waals surface area contributed by atoms with Gasteiger partial charge < -0.3 is 0 Å². The lowest BCUT2D eigenvalue weighted by Gasteiger charge is -1.98. The quantitative estimate of drug-likeness (QED) is 0.673. The topological polar surface area (TPSA) is 48.5 Å². The summed E-state index contributed by atoms with van der Waals surface area (Å²) in [5.74, 6) is 1.79. The number of nitrogens with zero attached hydrogens (tertiary/aromatic N) is 5. The molecule has 0 aromatic carbocycles. The first-order valence-electron chi connectivity index (χ1n) is 4.20. The number of rotatable bonds is 2. The zero-order valence-corrected chi connectivity index (χ0v) is 7.68. The van der Waals surface area contributed by atoms with E-state index in [1.807, 2.05) is 30.8 Å². The molecule has 0 radical (unpaired) electrons. The van der Waals surface area contributed by atoms with E-state index >= 15 is 0 Å². The van der Waals surface area contributed by atoms with Crippen LogP contribution in [0.15, 0.2) is 18.6 Å². The van der Waals surface area contributed by atoms with Crippen LogP contribution in [0.3, 0.4) is 0 Å². The molecule has 5 heteroatoms. The van der Waals surface area contributed by atoms with Crippen LogP contribution in [0.1, 0.15) is 12.7 Å². The molecule has 0 bridgehead atoms. The van der Waals surface area contributed by atoms with Crippen LogP contribution in [0.5, 0.6) is 0 Å². The minimum atomic E-state index is 0.858. The van der Waals surface area contributed by atoms with Gasteiger partial charge in [0, 0.05) is 25.7 Å². The van der Waals surface area contributed by atoms with Crippen LogP contribution in [-0.2, 0) is 13.5 Å². The summed E-state index contributed by atoms with van der Waals surface area (Å²) in [7, 11) is 1.89. The zero-order valence-electron chi connectivity index (χ0n) is 7.68. The van der Waals surface area contributed by atoms with Crippen molar-refractivity contribution in [3.63, 3.8) is 0 Å². The molecule has 0 spiro atoms. The minimum absolute atomic E-state index is 0.858. The first-order valence-corrected chi connectivity index (χ1v) is 4.20. The number of aryl methyl sites for hydroxylation is 2. The fraction of sp³-hybridized carbons (Fsp3) is 0.375. The van der Waals surface area contributed by atoms with Gasteiger partial charge in [0.05, 0.1) is 0 Å². The Balaban J connectivity index is 2.45. The largest absolute Gasteiger partial charge is 0.274 e. The van der Waals surface area contributed by atoms with E-state index in [1.165, 1.54) is 0 Å². The van der Waals surface area contributed by atoms with Gasteiger partial charge in [0.2, 0.25) is 0 Å². The Morgan fingerprint density at radius 1 is 1.46 bits per heavy atom. The van der Waals surface area contributed by atoms with E-state index in [0.29, 0.717) is 0 Å². The van der Waals surface area contributed by atoms with Crippen LogP contribution in [-0.4, -0.2) is 24.5 Å². The van der Waals surface area contributed by atoms with Crippen LogP contribution in [0.25, 0.3) is 5.82 Å². The molecule has 0 N–H and O–H groups in total. The van der Waals surface area contributed by atoms with Crippen molar-refractivity contribution in [2.45, 2.75) is 13.3 Å². The Morgan fingerprint density at radius 2 is 2.31 bits per heavy atom. The lowest BCUT2D eigenvalue weighted by atomic mass is 10.4. The van der Waals surface area contributed by atoms with Gasteiger partial charge in [-0.1, -0.05) is 6.92 Å². The van der Waals surface area contributed by atoms with Gasteiger partial charge >= 0.3 is 0 Å². The number of hydrogen-bond donors (Lipinski definition) is 0. The average molecular weight is 177 g/mol. The Morgan fingerprint density at radius 3 is 2.92 bits per heavy atom. The molecule has 2 heterocycles. The van der Waals surface area contributed by atoms with Gasteiger partial charge in [0.15, 0.2) is 5.82 Å². The van der Waals surface area contributed by atoms with Crippen molar-refractivity contribution in [2.75, 3.05) is 0 Å². The second kappa shape index (κ2) is 3.01. The van der Waals surface area contributed by atoms with Crippen molar-refractivity contribution in [1.29, 1.82) is 0 Å². The first-order chi connectivity index (χ1) is 6.31. The van der Waals surface area contributed by atoms with E-state index in [2.05, 4.69) is 15.3 Å². The summed E-state index contributed by atoms with van der Waals surface area (Å²) in [5.41, 5.74) is 0. The van der Waals surface area contributed by atoms with Gasteiger partial charge in [-0.05, 0) is 0 Å². The molecule has 68 valence electrons. The van der Waals surface area contributed by atoms with Crippen molar-refractivity contribution < 1.29 is 0 Å². The molecule has 0 atom stereocenters. The van der Waals surface area contributed by atoms with Crippen molar-refractivity contribution in [3.05, 3.63) is 24.4 Å². The molecule has 0 unspecified atom stereocenters. The first kappa shape index (κ1) is 7.97. The van der Waals surface area contributed by atoms with Crippen molar-refractivity contribution in [3.8, 4) is 5.82 Å². The van der Waals surface area contributed by atoms with Crippen molar-refractivity contribution in [2.24, 2.45) is 7.05 Å². The fourth-order valence-electron chi connectivity index (χ4n) is 1.22. The average Bonchev–Trinajstić information content (AvgIpc) is 2.71. The van der Waals surface area contributed by atoms with Gasteiger partial charge in [0.25, 0.3) is 0 Å². The molecule has 2 aromatic rings. The molecule has 0 aliphatic rings. The fourth-order valence-corrected chi connectivity index (χ4v) is 1.22. The predicted octanol–water partition coefficient (Wildman–Crippen LogP) is 0.563. The second-order valence-corrected chi connectivity index (χ2v) is 2.82. The molecule has 0 saturated carbocycles. The van der Waals surface area contributed by atoms with Crippen LogP contribution in [0.4, 0.5) is 0 Å². The summed E-state index contributed by atoms with van der Waals surface area (Å²) in [6.07, 6.45) is 4.44. The number of aromatic nitrogens is 5. The molecule has 5 nitrogen and oxygen atoms in total.